The zero-order valence-corrected chi connectivity index (χ0v) is 9.37. The summed E-state index contributed by atoms with van der Waals surface area (Å²) in [5, 5.41) is 18.1. The summed E-state index contributed by atoms with van der Waals surface area (Å²) in [4.78, 5) is 26.1. The third-order valence-corrected chi connectivity index (χ3v) is 2.44. The number of carbonyl (C=O) groups is 2. The van der Waals surface area contributed by atoms with Crippen LogP contribution < -0.4 is 0 Å². The van der Waals surface area contributed by atoms with Gasteiger partial charge in [-0.2, -0.15) is 0 Å². The van der Waals surface area contributed by atoms with Crippen molar-refractivity contribution < 1.29 is 19.8 Å². The number of aromatic carboxylic acids is 2. The Morgan fingerprint density at radius 3 is 1.69 bits per heavy atom. The van der Waals surface area contributed by atoms with E-state index in [9.17, 15) is 9.59 Å². The Labute approximate surface area is 92.8 Å². The molecule has 1 aromatic heterocycles. The van der Waals surface area contributed by atoms with Crippen LogP contribution in [-0.4, -0.2) is 27.1 Å². The standard InChI is InChI=1S/C11H13NO4/c1-4-7-8(10(13)14)5(2)12-6(3)9(7)11(15)16/h4H2,1-3H3,(H,13,14)(H,15,16). The van der Waals surface area contributed by atoms with Gasteiger partial charge in [-0.05, 0) is 25.8 Å². The molecule has 0 aliphatic heterocycles. The zero-order valence-electron chi connectivity index (χ0n) is 9.37. The molecule has 5 heteroatoms. The summed E-state index contributed by atoms with van der Waals surface area (Å²) < 4.78 is 0. The zero-order chi connectivity index (χ0) is 12.5. The highest BCUT2D eigenvalue weighted by Gasteiger charge is 2.22. The van der Waals surface area contributed by atoms with E-state index in [1.807, 2.05) is 0 Å². The summed E-state index contributed by atoms with van der Waals surface area (Å²) >= 11 is 0. The third kappa shape index (κ3) is 1.88. The van der Waals surface area contributed by atoms with Crippen LogP contribution in [0.4, 0.5) is 0 Å². The predicted octanol–water partition coefficient (Wildman–Crippen LogP) is 1.66. The maximum atomic E-state index is 11.1. The largest absolute Gasteiger partial charge is 0.478 e. The van der Waals surface area contributed by atoms with Gasteiger partial charge in [0.15, 0.2) is 0 Å². The Bertz CT molecular complexity index is 427. The van der Waals surface area contributed by atoms with Gasteiger partial charge in [0, 0.05) is 0 Å². The Kier molecular flexibility index (Phi) is 3.27. The lowest BCUT2D eigenvalue weighted by Gasteiger charge is -2.12. The summed E-state index contributed by atoms with van der Waals surface area (Å²) in [6.07, 6.45) is 0.355. The van der Waals surface area contributed by atoms with Gasteiger partial charge in [0.05, 0.1) is 22.5 Å². The smallest absolute Gasteiger partial charge is 0.337 e. The minimum absolute atomic E-state index is 0.00509. The normalized spacial score (nSPS) is 10.2. The second-order valence-electron chi connectivity index (χ2n) is 3.48. The monoisotopic (exact) mass is 223 g/mol. The number of hydrogen-bond donors (Lipinski definition) is 2. The number of carboxylic acids is 2. The van der Waals surface area contributed by atoms with Crippen molar-refractivity contribution in [3.8, 4) is 0 Å². The molecule has 16 heavy (non-hydrogen) atoms. The number of nitrogens with zero attached hydrogens (tertiary/aromatic N) is 1. The second kappa shape index (κ2) is 4.30. The predicted molar refractivity (Wildman–Crippen MR) is 57.0 cm³/mol. The van der Waals surface area contributed by atoms with E-state index in [2.05, 4.69) is 4.98 Å². The fraction of sp³-hybridized carbons (Fsp3) is 0.364. The lowest BCUT2D eigenvalue weighted by molar-refractivity contribution is 0.0693. The van der Waals surface area contributed by atoms with Crippen molar-refractivity contribution in [1.29, 1.82) is 0 Å². The average Bonchev–Trinajstić information content (AvgIpc) is 2.14. The summed E-state index contributed by atoms with van der Waals surface area (Å²) in [5.41, 5.74) is 1.06. The number of aromatic nitrogens is 1. The molecular weight excluding hydrogens is 210 g/mol. The molecule has 86 valence electrons. The van der Waals surface area contributed by atoms with Gasteiger partial charge in [-0.3, -0.25) is 4.98 Å². The highest BCUT2D eigenvalue weighted by Crippen LogP contribution is 2.21. The van der Waals surface area contributed by atoms with Crippen molar-refractivity contribution in [2.24, 2.45) is 0 Å². The molecule has 5 nitrogen and oxygen atoms in total. The van der Waals surface area contributed by atoms with Crippen molar-refractivity contribution in [2.75, 3.05) is 0 Å². The van der Waals surface area contributed by atoms with Gasteiger partial charge in [-0.15, -0.1) is 0 Å². The molecule has 0 aliphatic rings. The Morgan fingerprint density at radius 1 is 1.06 bits per heavy atom. The van der Waals surface area contributed by atoms with Gasteiger partial charge in [0.25, 0.3) is 0 Å². The first-order valence-electron chi connectivity index (χ1n) is 4.86. The van der Waals surface area contributed by atoms with Crippen LogP contribution in [0.5, 0.6) is 0 Å². The topological polar surface area (TPSA) is 87.5 Å². The van der Waals surface area contributed by atoms with Crippen LogP contribution in [0.2, 0.25) is 0 Å². The molecule has 0 amide bonds. The van der Waals surface area contributed by atoms with E-state index in [0.29, 0.717) is 23.4 Å². The summed E-state index contributed by atoms with van der Waals surface area (Å²) in [5.74, 6) is -2.27. The lowest BCUT2D eigenvalue weighted by atomic mass is 9.97. The molecule has 0 fully saturated rings. The van der Waals surface area contributed by atoms with Gasteiger partial charge in [0.2, 0.25) is 0 Å². The van der Waals surface area contributed by atoms with Crippen LogP contribution in [0.25, 0.3) is 0 Å². The van der Waals surface area contributed by atoms with E-state index in [1.165, 1.54) is 0 Å². The molecule has 1 rings (SSSR count). The molecular formula is C11H13NO4. The van der Waals surface area contributed by atoms with Gasteiger partial charge in [0.1, 0.15) is 0 Å². The molecule has 0 aliphatic carbocycles. The van der Waals surface area contributed by atoms with Crippen molar-refractivity contribution in [3.63, 3.8) is 0 Å². The van der Waals surface area contributed by atoms with Gasteiger partial charge in [-0.25, -0.2) is 9.59 Å². The van der Waals surface area contributed by atoms with Gasteiger partial charge < -0.3 is 10.2 Å². The molecule has 0 bridgehead atoms. The Morgan fingerprint density at radius 2 is 1.44 bits per heavy atom. The molecule has 0 atom stereocenters. The third-order valence-electron chi connectivity index (χ3n) is 2.44. The Balaban J connectivity index is 3.69. The highest BCUT2D eigenvalue weighted by atomic mass is 16.4. The summed E-state index contributed by atoms with van der Waals surface area (Å²) in [7, 11) is 0. The molecule has 1 aromatic rings. The van der Waals surface area contributed by atoms with E-state index in [4.69, 9.17) is 10.2 Å². The SMILES string of the molecule is CCc1c(C(=O)O)c(C)nc(C)c1C(=O)O. The van der Waals surface area contributed by atoms with Crippen LogP contribution >= 0.6 is 0 Å². The van der Waals surface area contributed by atoms with Crippen molar-refractivity contribution >= 4 is 11.9 Å². The quantitative estimate of drug-likeness (QED) is 0.813. The van der Waals surface area contributed by atoms with Crippen LogP contribution in [0.15, 0.2) is 0 Å². The lowest BCUT2D eigenvalue weighted by Crippen LogP contribution is -2.15. The second-order valence-corrected chi connectivity index (χ2v) is 3.48. The molecule has 0 aromatic carbocycles. The number of hydrogen-bond acceptors (Lipinski definition) is 3. The van der Waals surface area contributed by atoms with Crippen LogP contribution in [-0.2, 0) is 6.42 Å². The minimum atomic E-state index is -1.13. The Hall–Kier alpha value is -1.91. The van der Waals surface area contributed by atoms with E-state index >= 15 is 0 Å². The number of rotatable bonds is 3. The number of carboxylic acid groups (broad SMARTS) is 2. The molecule has 2 N–H and O–H groups in total. The summed E-state index contributed by atoms with van der Waals surface area (Å²) in [6, 6.07) is 0. The van der Waals surface area contributed by atoms with E-state index in [-0.39, 0.29) is 11.1 Å². The molecule has 0 saturated heterocycles. The van der Waals surface area contributed by atoms with Crippen molar-refractivity contribution in [2.45, 2.75) is 27.2 Å². The first-order chi connectivity index (χ1) is 7.40. The van der Waals surface area contributed by atoms with Crippen LogP contribution in [0, 0.1) is 13.8 Å². The van der Waals surface area contributed by atoms with Gasteiger partial charge >= 0.3 is 11.9 Å². The maximum absolute atomic E-state index is 11.1. The fourth-order valence-corrected chi connectivity index (χ4v) is 1.85. The first-order valence-corrected chi connectivity index (χ1v) is 4.86. The van der Waals surface area contributed by atoms with Crippen LogP contribution in [0.1, 0.15) is 44.6 Å². The minimum Gasteiger partial charge on any atom is -0.478 e. The summed E-state index contributed by atoms with van der Waals surface area (Å²) in [6.45, 7) is 4.87. The number of pyridine rings is 1. The molecule has 0 spiro atoms. The van der Waals surface area contributed by atoms with E-state index in [1.54, 1.807) is 20.8 Å². The average molecular weight is 223 g/mol. The fourth-order valence-electron chi connectivity index (χ4n) is 1.85. The molecule has 0 unspecified atom stereocenters. The molecule has 1 heterocycles. The highest BCUT2D eigenvalue weighted by molar-refractivity contribution is 5.97. The van der Waals surface area contributed by atoms with Gasteiger partial charge in [-0.1, -0.05) is 6.92 Å². The van der Waals surface area contributed by atoms with Crippen molar-refractivity contribution in [3.05, 3.63) is 28.1 Å². The van der Waals surface area contributed by atoms with Crippen molar-refractivity contribution in [1.82, 2.24) is 4.98 Å². The molecule has 0 saturated carbocycles. The number of aryl methyl sites for hydroxylation is 2. The van der Waals surface area contributed by atoms with E-state index in [0.717, 1.165) is 0 Å². The maximum Gasteiger partial charge on any atom is 0.337 e. The van der Waals surface area contributed by atoms with Crippen LogP contribution in [0.3, 0.4) is 0 Å². The first kappa shape index (κ1) is 12.2. The molecule has 0 radical (unpaired) electrons. The van der Waals surface area contributed by atoms with E-state index < -0.39 is 11.9 Å².